The second-order valence-electron chi connectivity index (χ2n) is 6.93. The molecule has 140 valence electrons. The summed E-state index contributed by atoms with van der Waals surface area (Å²) in [6.07, 6.45) is 0.849. The Morgan fingerprint density at radius 2 is 1.73 bits per heavy atom. The average Bonchev–Trinajstić information content (AvgIpc) is 2.58. The van der Waals surface area contributed by atoms with Crippen molar-refractivity contribution in [2.24, 2.45) is 5.41 Å². The average molecular weight is 377 g/mol. The highest BCUT2D eigenvalue weighted by Gasteiger charge is 2.44. The highest BCUT2D eigenvalue weighted by Crippen LogP contribution is 2.40. The van der Waals surface area contributed by atoms with Crippen LogP contribution in [-0.2, 0) is 10.0 Å². The first-order valence-corrected chi connectivity index (χ1v) is 9.93. The fourth-order valence-electron chi connectivity index (χ4n) is 3.17. The zero-order chi connectivity index (χ0) is 18.8. The van der Waals surface area contributed by atoms with Crippen LogP contribution in [0, 0.1) is 12.3 Å². The van der Waals surface area contributed by atoms with Gasteiger partial charge in [0.1, 0.15) is 11.5 Å². The smallest absolute Gasteiger partial charge is 0.240 e. The van der Waals surface area contributed by atoms with Crippen LogP contribution >= 0.6 is 0 Å². The molecule has 0 radical (unpaired) electrons. The molecule has 0 heterocycles. The van der Waals surface area contributed by atoms with Crippen molar-refractivity contribution >= 4 is 10.0 Å². The zero-order valence-corrected chi connectivity index (χ0v) is 15.4. The van der Waals surface area contributed by atoms with Crippen LogP contribution in [0.4, 0.5) is 0 Å². The molecule has 6 nitrogen and oxygen atoms in total. The molecule has 1 saturated carbocycles. The molecular formula is C19H23NO5S. The number of sulfonamides is 1. The van der Waals surface area contributed by atoms with Crippen LogP contribution < -0.4 is 9.46 Å². The summed E-state index contributed by atoms with van der Waals surface area (Å²) in [5.74, 6) is 1.25. The molecule has 0 aliphatic heterocycles. The molecule has 0 saturated heterocycles. The maximum absolute atomic E-state index is 12.5. The molecule has 0 bridgehead atoms. The SMILES string of the molecule is Cc1cccc(Oc2ccc(S(=O)(=O)NC3CC(CO)(CO)C3)cc2)c1. The van der Waals surface area contributed by atoms with E-state index in [1.807, 2.05) is 31.2 Å². The third-order valence-corrected chi connectivity index (χ3v) is 6.25. The predicted octanol–water partition coefficient (Wildman–Crippen LogP) is 2.20. The highest BCUT2D eigenvalue weighted by molar-refractivity contribution is 7.89. The molecule has 0 atom stereocenters. The summed E-state index contributed by atoms with van der Waals surface area (Å²) in [6, 6.07) is 13.5. The molecule has 2 aromatic carbocycles. The van der Waals surface area contributed by atoms with Crippen LogP contribution in [0.3, 0.4) is 0 Å². The van der Waals surface area contributed by atoms with Gasteiger partial charge in [0.05, 0.1) is 18.1 Å². The van der Waals surface area contributed by atoms with Gasteiger partial charge in [-0.05, 0) is 61.7 Å². The maximum atomic E-state index is 12.5. The summed E-state index contributed by atoms with van der Waals surface area (Å²) in [4.78, 5) is 0.152. The molecule has 3 rings (SSSR count). The molecule has 7 heteroatoms. The third-order valence-electron chi connectivity index (χ3n) is 4.71. The lowest BCUT2D eigenvalue weighted by atomic mass is 9.67. The van der Waals surface area contributed by atoms with Gasteiger partial charge in [-0.1, -0.05) is 12.1 Å². The van der Waals surface area contributed by atoms with Crippen LogP contribution in [-0.4, -0.2) is 37.9 Å². The van der Waals surface area contributed by atoms with E-state index in [1.54, 1.807) is 12.1 Å². The summed E-state index contributed by atoms with van der Waals surface area (Å²) < 4.78 is 33.3. The predicted molar refractivity (Wildman–Crippen MR) is 97.6 cm³/mol. The number of aliphatic hydroxyl groups excluding tert-OH is 2. The van der Waals surface area contributed by atoms with Crippen molar-refractivity contribution in [3.63, 3.8) is 0 Å². The van der Waals surface area contributed by atoms with Crippen molar-refractivity contribution in [1.29, 1.82) is 0 Å². The molecule has 2 aromatic rings. The van der Waals surface area contributed by atoms with Gasteiger partial charge in [-0.2, -0.15) is 0 Å². The van der Waals surface area contributed by atoms with Crippen molar-refractivity contribution < 1.29 is 23.4 Å². The normalized spacial score (nSPS) is 16.9. The highest BCUT2D eigenvalue weighted by atomic mass is 32.2. The van der Waals surface area contributed by atoms with E-state index in [1.165, 1.54) is 12.1 Å². The van der Waals surface area contributed by atoms with Gasteiger partial charge in [0.15, 0.2) is 0 Å². The van der Waals surface area contributed by atoms with Crippen molar-refractivity contribution in [3.8, 4) is 11.5 Å². The Morgan fingerprint density at radius 3 is 2.31 bits per heavy atom. The Balaban J connectivity index is 1.64. The summed E-state index contributed by atoms with van der Waals surface area (Å²) in [6.45, 7) is 1.68. The van der Waals surface area contributed by atoms with E-state index in [4.69, 9.17) is 4.74 Å². The number of rotatable bonds is 7. The molecule has 1 aliphatic carbocycles. The Kier molecular flexibility index (Phi) is 5.34. The fraction of sp³-hybridized carbons (Fsp3) is 0.368. The first kappa shape index (κ1) is 18.8. The molecule has 3 N–H and O–H groups in total. The molecule has 1 aliphatic rings. The second kappa shape index (κ2) is 7.36. The second-order valence-corrected chi connectivity index (χ2v) is 8.65. The van der Waals surface area contributed by atoms with E-state index in [0.717, 1.165) is 5.56 Å². The number of ether oxygens (including phenoxy) is 1. The monoisotopic (exact) mass is 377 g/mol. The topological polar surface area (TPSA) is 95.9 Å². The summed E-state index contributed by atoms with van der Waals surface area (Å²) in [5, 5.41) is 18.6. The molecular weight excluding hydrogens is 354 g/mol. The van der Waals surface area contributed by atoms with E-state index in [9.17, 15) is 18.6 Å². The van der Waals surface area contributed by atoms with Gasteiger partial charge < -0.3 is 14.9 Å². The largest absolute Gasteiger partial charge is 0.457 e. The van der Waals surface area contributed by atoms with E-state index >= 15 is 0 Å². The Labute approximate surface area is 153 Å². The van der Waals surface area contributed by atoms with E-state index in [-0.39, 0.29) is 24.2 Å². The lowest BCUT2D eigenvalue weighted by Gasteiger charge is -2.45. The van der Waals surface area contributed by atoms with E-state index in [2.05, 4.69) is 4.72 Å². The van der Waals surface area contributed by atoms with Crippen molar-refractivity contribution in [3.05, 3.63) is 54.1 Å². The van der Waals surface area contributed by atoms with Crippen LogP contribution in [0.25, 0.3) is 0 Å². The fourth-order valence-corrected chi connectivity index (χ4v) is 4.40. The standard InChI is InChI=1S/C19H23NO5S/c1-14-3-2-4-17(9-14)25-16-5-7-18(8-6-16)26(23,24)20-15-10-19(11-15,12-21)13-22/h2-9,15,20-22H,10-13H2,1H3. The van der Waals surface area contributed by atoms with Gasteiger partial charge in [-0.15, -0.1) is 0 Å². The van der Waals surface area contributed by atoms with Crippen molar-refractivity contribution in [1.82, 2.24) is 4.72 Å². The van der Waals surface area contributed by atoms with E-state index in [0.29, 0.717) is 24.3 Å². The minimum absolute atomic E-state index is 0.146. The van der Waals surface area contributed by atoms with Crippen molar-refractivity contribution in [2.45, 2.75) is 30.7 Å². The van der Waals surface area contributed by atoms with Gasteiger partial charge in [0.25, 0.3) is 0 Å². The van der Waals surface area contributed by atoms with Gasteiger partial charge >= 0.3 is 0 Å². The number of benzene rings is 2. The van der Waals surface area contributed by atoms with E-state index < -0.39 is 15.4 Å². The summed E-state index contributed by atoms with van der Waals surface area (Å²) in [5.41, 5.74) is 0.506. The quantitative estimate of drug-likeness (QED) is 0.687. The van der Waals surface area contributed by atoms with Crippen LogP contribution in [0.2, 0.25) is 0 Å². The minimum atomic E-state index is -3.65. The molecule has 0 unspecified atom stereocenters. The number of hydrogen-bond acceptors (Lipinski definition) is 5. The van der Waals surface area contributed by atoms with Crippen molar-refractivity contribution in [2.75, 3.05) is 13.2 Å². The van der Waals surface area contributed by atoms with Gasteiger partial charge in [0.2, 0.25) is 10.0 Å². The summed E-state index contributed by atoms with van der Waals surface area (Å²) >= 11 is 0. The van der Waals surface area contributed by atoms with Crippen LogP contribution in [0.1, 0.15) is 18.4 Å². The number of hydrogen-bond donors (Lipinski definition) is 3. The summed E-state index contributed by atoms with van der Waals surface area (Å²) in [7, 11) is -3.65. The first-order valence-electron chi connectivity index (χ1n) is 8.44. The first-order chi connectivity index (χ1) is 12.4. The number of aliphatic hydroxyl groups is 2. The van der Waals surface area contributed by atoms with Gasteiger partial charge in [0, 0.05) is 11.5 Å². The van der Waals surface area contributed by atoms with Gasteiger partial charge in [-0.3, -0.25) is 0 Å². The molecule has 0 spiro atoms. The maximum Gasteiger partial charge on any atom is 0.240 e. The molecule has 1 fully saturated rings. The lowest BCUT2D eigenvalue weighted by molar-refractivity contribution is -0.0261. The van der Waals surface area contributed by atoms with Crippen LogP contribution in [0.5, 0.6) is 11.5 Å². The third kappa shape index (κ3) is 4.07. The lowest BCUT2D eigenvalue weighted by Crippen LogP contribution is -2.54. The Hall–Kier alpha value is -1.93. The number of nitrogens with one attached hydrogen (secondary N) is 1. The minimum Gasteiger partial charge on any atom is -0.457 e. The molecule has 26 heavy (non-hydrogen) atoms. The van der Waals surface area contributed by atoms with Crippen LogP contribution in [0.15, 0.2) is 53.4 Å². The zero-order valence-electron chi connectivity index (χ0n) is 14.6. The molecule has 0 aromatic heterocycles. The Morgan fingerprint density at radius 1 is 1.08 bits per heavy atom. The van der Waals surface area contributed by atoms with Gasteiger partial charge in [-0.25, -0.2) is 13.1 Å². The number of aryl methyl sites for hydroxylation is 1. The Bertz CT molecular complexity index is 852. The molecule has 0 amide bonds.